The monoisotopic (exact) mass is 310 g/mol. The van der Waals surface area contributed by atoms with Gasteiger partial charge in [-0.2, -0.15) is 0 Å². The van der Waals surface area contributed by atoms with Gasteiger partial charge in [0.1, 0.15) is 0 Å². The van der Waals surface area contributed by atoms with Crippen LogP contribution in [0.2, 0.25) is 0 Å². The molecule has 118 valence electrons. The average molecular weight is 310 g/mol. The lowest BCUT2D eigenvalue weighted by Gasteiger charge is -2.12. The van der Waals surface area contributed by atoms with Gasteiger partial charge in [0.25, 0.3) is 5.91 Å². The van der Waals surface area contributed by atoms with E-state index in [2.05, 4.69) is 27.7 Å². The molecular weight excluding hydrogens is 292 g/mol. The lowest BCUT2D eigenvalue weighted by molar-refractivity contribution is -0.115. The Bertz CT molecular complexity index is 714. The molecule has 0 radical (unpaired) electrons. The van der Waals surface area contributed by atoms with Crippen molar-refractivity contribution in [3.63, 3.8) is 0 Å². The second-order valence-corrected chi connectivity index (χ2v) is 4.96. The number of nitrogens with zero attached hydrogens (tertiary/aromatic N) is 1. The number of nitrogens with one attached hydrogen (secondary N) is 3. The third kappa shape index (κ3) is 4.96. The first kappa shape index (κ1) is 16.2. The molecule has 0 fully saturated rings. The smallest absolute Gasteiger partial charge is 0.269 e. The standard InChI is InChI=1S/C17H18N4O2/c1-12-5-3-4-6-15(12)19-16(22)11-13(2)20-21-17(23)14-7-9-18-10-8-14/h3-10,20H,2,11H2,1H3,(H,19,22)(H,21,23). The van der Waals surface area contributed by atoms with Crippen molar-refractivity contribution in [2.75, 3.05) is 5.32 Å². The molecule has 23 heavy (non-hydrogen) atoms. The number of hydrazine groups is 1. The van der Waals surface area contributed by atoms with Crippen LogP contribution in [-0.2, 0) is 4.79 Å². The SMILES string of the molecule is C=C(CC(=O)Nc1ccccc1C)NNC(=O)c1ccncc1. The number of pyridine rings is 1. The van der Waals surface area contributed by atoms with Crippen molar-refractivity contribution < 1.29 is 9.59 Å². The van der Waals surface area contributed by atoms with Crippen LogP contribution in [0.5, 0.6) is 0 Å². The minimum absolute atomic E-state index is 0.0466. The molecule has 1 heterocycles. The number of carbonyl (C=O) groups is 2. The summed E-state index contributed by atoms with van der Waals surface area (Å²) in [6, 6.07) is 10.7. The van der Waals surface area contributed by atoms with Crippen LogP contribution in [0.4, 0.5) is 5.69 Å². The molecule has 0 aliphatic rings. The minimum atomic E-state index is -0.326. The summed E-state index contributed by atoms with van der Waals surface area (Å²) in [6.45, 7) is 5.64. The summed E-state index contributed by atoms with van der Waals surface area (Å²) >= 11 is 0. The van der Waals surface area contributed by atoms with Crippen molar-refractivity contribution in [3.05, 3.63) is 72.2 Å². The highest BCUT2D eigenvalue weighted by atomic mass is 16.2. The number of hydrogen-bond acceptors (Lipinski definition) is 4. The Balaban J connectivity index is 1.79. The Morgan fingerprint density at radius 2 is 1.78 bits per heavy atom. The zero-order chi connectivity index (χ0) is 16.7. The maximum absolute atomic E-state index is 12.0. The summed E-state index contributed by atoms with van der Waals surface area (Å²) in [5, 5.41) is 2.80. The molecule has 2 aromatic rings. The van der Waals surface area contributed by atoms with E-state index in [1.54, 1.807) is 12.1 Å². The van der Waals surface area contributed by atoms with Gasteiger partial charge in [-0.05, 0) is 30.7 Å². The fraction of sp³-hybridized carbons (Fsp3) is 0.118. The number of anilines is 1. The minimum Gasteiger partial charge on any atom is -0.326 e. The molecule has 0 atom stereocenters. The van der Waals surface area contributed by atoms with E-state index in [0.717, 1.165) is 11.3 Å². The highest BCUT2D eigenvalue weighted by Crippen LogP contribution is 2.13. The molecule has 0 aliphatic heterocycles. The number of carbonyl (C=O) groups excluding carboxylic acids is 2. The third-order valence-electron chi connectivity index (χ3n) is 3.09. The number of rotatable bonds is 6. The maximum Gasteiger partial charge on any atom is 0.269 e. The predicted molar refractivity (Wildman–Crippen MR) is 88.4 cm³/mol. The summed E-state index contributed by atoms with van der Waals surface area (Å²) in [6.07, 6.45) is 3.10. The molecule has 3 N–H and O–H groups in total. The molecule has 1 aromatic heterocycles. The van der Waals surface area contributed by atoms with Gasteiger partial charge in [-0.15, -0.1) is 0 Å². The highest BCUT2D eigenvalue weighted by Gasteiger charge is 2.08. The molecular formula is C17H18N4O2. The molecule has 0 unspecified atom stereocenters. The molecule has 2 amide bonds. The lowest BCUT2D eigenvalue weighted by Crippen LogP contribution is -2.37. The maximum atomic E-state index is 12.0. The fourth-order valence-corrected chi connectivity index (χ4v) is 1.87. The Hall–Kier alpha value is -3.15. The van der Waals surface area contributed by atoms with Crippen molar-refractivity contribution in [1.82, 2.24) is 15.8 Å². The molecule has 0 aliphatic carbocycles. The van der Waals surface area contributed by atoms with Crippen LogP contribution < -0.4 is 16.2 Å². The Labute approximate surface area is 134 Å². The molecule has 0 bridgehead atoms. The van der Waals surface area contributed by atoms with E-state index < -0.39 is 0 Å². The molecule has 6 nitrogen and oxygen atoms in total. The van der Waals surface area contributed by atoms with E-state index in [4.69, 9.17) is 0 Å². The van der Waals surface area contributed by atoms with Gasteiger partial charge < -0.3 is 10.7 Å². The van der Waals surface area contributed by atoms with Crippen LogP contribution in [0.1, 0.15) is 22.3 Å². The zero-order valence-electron chi connectivity index (χ0n) is 12.8. The van der Waals surface area contributed by atoms with Gasteiger partial charge in [-0.3, -0.25) is 20.0 Å². The van der Waals surface area contributed by atoms with E-state index in [9.17, 15) is 9.59 Å². The quantitative estimate of drug-likeness (QED) is 0.714. The first-order valence-electron chi connectivity index (χ1n) is 7.06. The molecule has 1 aromatic carbocycles. The number of benzene rings is 1. The second-order valence-electron chi connectivity index (χ2n) is 4.96. The van der Waals surface area contributed by atoms with E-state index >= 15 is 0 Å². The predicted octanol–water partition coefficient (Wildman–Crippen LogP) is 2.17. The first-order chi connectivity index (χ1) is 11.1. The van der Waals surface area contributed by atoms with Gasteiger partial charge in [0.05, 0.1) is 6.42 Å². The second kappa shape index (κ2) is 7.74. The number of para-hydroxylation sites is 1. The van der Waals surface area contributed by atoms with Crippen LogP contribution in [0.25, 0.3) is 0 Å². The molecule has 6 heteroatoms. The summed E-state index contributed by atoms with van der Waals surface area (Å²) in [4.78, 5) is 27.6. The van der Waals surface area contributed by atoms with E-state index in [1.165, 1.54) is 12.4 Å². The van der Waals surface area contributed by atoms with Gasteiger partial charge in [0, 0.05) is 29.3 Å². The number of hydrogen-bond donors (Lipinski definition) is 3. The van der Waals surface area contributed by atoms with E-state index in [0.29, 0.717) is 11.3 Å². The third-order valence-corrected chi connectivity index (χ3v) is 3.09. The first-order valence-corrected chi connectivity index (χ1v) is 7.06. The van der Waals surface area contributed by atoms with E-state index in [1.807, 2.05) is 31.2 Å². The number of aromatic nitrogens is 1. The van der Waals surface area contributed by atoms with Crippen LogP contribution >= 0.6 is 0 Å². The van der Waals surface area contributed by atoms with Crippen molar-refractivity contribution in [2.45, 2.75) is 13.3 Å². The molecule has 0 saturated heterocycles. The Kier molecular flexibility index (Phi) is 5.46. The van der Waals surface area contributed by atoms with Crippen molar-refractivity contribution >= 4 is 17.5 Å². The van der Waals surface area contributed by atoms with Crippen LogP contribution in [0.15, 0.2) is 61.1 Å². The van der Waals surface area contributed by atoms with Gasteiger partial charge in [0.15, 0.2) is 0 Å². The van der Waals surface area contributed by atoms with Gasteiger partial charge >= 0.3 is 0 Å². The normalized spacial score (nSPS) is 9.78. The molecule has 2 rings (SSSR count). The molecule has 0 spiro atoms. The molecule has 0 saturated carbocycles. The summed E-state index contributed by atoms with van der Waals surface area (Å²) in [7, 11) is 0. The summed E-state index contributed by atoms with van der Waals surface area (Å²) < 4.78 is 0. The Morgan fingerprint density at radius 1 is 1.09 bits per heavy atom. The topological polar surface area (TPSA) is 83.1 Å². The largest absolute Gasteiger partial charge is 0.326 e. The fourth-order valence-electron chi connectivity index (χ4n) is 1.87. The number of amides is 2. The summed E-state index contributed by atoms with van der Waals surface area (Å²) in [5.74, 6) is -0.539. The van der Waals surface area contributed by atoms with Crippen molar-refractivity contribution in [2.24, 2.45) is 0 Å². The number of aryl methyl sites for hydroxylation is 1. The summed E-state index contributed by atoms with van der Waals surface area (Å²) in [5.41, 5.74) is 7.70. The van der Waals surface area contributed by atoms with Crippen LogP contribution in [0.3, 0.4) is 0 Å². The van der Waals surface area contributed by atoms with Crippen LogP contribution in [-0.4, -0.2) is 16.8 Å². The van der Waals surface area contributed by atoms with E-state index in [-0.39, 0.29) is 18.2 Å². The average Bonchev–Trinajstić information content (AvgIpc) is 2.55. The zero-order valence-corrected chi connectivity index (χ0v) is 12.8. The van der Waals surface area contributed by atoms with Crippen molar-refractivity contribution in [1.29, 1.82) is 0 Å². The van der Waals surface area contributed by atoms with Gasteiger partial charge in [-0.25, -0.2) is 0 Å². The highest BCUT2D eigenvalue weighted by molar-refractivity contribution is 5.94. The Morgan fingerprint density at radius 3 is 2.48 bits per heavy atom. The van der Waals surface area contributed by atoms with Gasteiger partial charge in [0.2, 0.25) is 5.91 Å². The lowest BCUT2D eigenvalue weighted by atomic mass is 10.2. The van der Waals surface area contributed by atoms with Crippen molar-refractivity contribution in [3.8, 4) is 0 Å². The van der Waals surface area contributed by atoms with Crippen LogP contribution in [0, 0.1) is 6.92 Å². The van der Waals surface area contributed by atoms with Gasteiger partial charge in [-0.1, -0.05) is 24.8 Å².